The van der Waals surface area contributed by atoms with Gasteiger partial charge < -0.3 is 35.5 Å². The molecule has 44 heavy (non-hydrogen) atoms. The molecule has 4 amide bonds. The molecule has 4 aliphatic rings. The first-order chi connectivity index (χ1) is 21.1. The number of Topliss-reactive ketones (excluding diaryl/α,β-unsaturated/α-hetero) is 1. The molecule has 2 saturated heterocycles. The molecule has 5 N–H and O–H groups in total. The molecule has 0 radical (unpaired) electrons. The van der Waals surface area contributed by atoms with Crippen LogP contribution in [-0.4, -0.2) is 85.7 Å². The number of morpholine rings is 1. The molecular weight excluding hydrogens is 570 g/mol. The Balaban J connectivity index is 1.29. The SMILES string of the molecule is C[C@H](NC(=O)CC1CNCCO1)C(=O)NC(Cc1ccc2c(c1)COC(=O)N2)C(=O)N[C@@H](CC1CCCC1)C(=O)[C@@]1(C)CO1. The second-order valence-corrected chi connectivity index (χ2v) is 12.5. The van der Waals surface area contributed by atoms with E-state index in [1.54, 1.807) is 26.0 Å². The van der Waals surface area contributed by atoms with Gasteiger partial charge in [-0.15, -0.1) is 0 Å². The van der Waals surface area contributed by atoms with Crippen LogP contribution >= 0.6 is 0 Å². The second kappa shape index (κ2) is 14.0. The number of hydrogen-bond acceptors (Lipinski definition) is 9. The van der Waals surface area contributed by atoms with Crippen LogP contribution in [0.5, 0.6) is 0 Å². The number of nitrogens with one attached hydrogen (secondary N) is 5. The van der Waals surface area contributed by atoms with Gasteiger partial charge in [0.2, 0.25) is 17.7 Å². The number of fused-ring (bicyclic) bond motifs is 1. The fourth-order valence-corrected chi connectivity index (χ4v) is 6.07. The van der Waals surface area contributed by atoms with Gasteiger partial charge in [-0.3, -0.25) is 24.5 Å². The third-order valence-corrected chi connectivity index (χ3v) is 8.80. The highest BCUT2D eigenvalue weighted by atomic mass is 16.6. The Morgan fingerprint density at radius 2 is 1.82 bits per heavy atom. The van der Waals surface area contributed by atoms with Crippen molar-refractivity contribution < 1.29 is 38.2 Å². The maximum Gasteiger partial charge on any atom is 0.411 e. The van der Waals surface area contributed by atoms with E-state index in [-0.39, 0.29) is 37.2 Å². The molecule has 1 saturated carbocycles. The van der Waals surface area contributed by atoms with Crippen molar-refractivity contribution in [1.29, 1.82) is 0 Å². The van der Waals surface area contributed by atoms with Gasteiger partial charge in [0.15, 0.2) is 5.78 Å². The van der Waals surface area contributed by atoms with Gasteiger partial charge in [-0.05, 0) is 37.8 Å². The Bertz CT molecular complexity index is 1260. The van der Waals surface area contributed by atoms with Crippen LogP contribution in [0.4, 0.5) is 10.5 Å². The van der Waals surface area contributed by atoms with Gasteiger partial charge in [0.1, 0.15) is 24.3 Å². The number of carbonyl (C=O) groups is 5. The molecule has 0 spiro atoms. The van der Waals surface area contributed by atoms with Crippen LogP contribution in [0.25, 0.3) is 0 Å². The number of ether oxygens (including phenoxy) is 3. The van der Waals surface area contributed by atoms with Gasteiger partial charge in [-0.2, -0.15) is 0 Å². The molecule has 13 heteroatoms. The molecule has 3 heterocycles. The van der Waals surface area contributed by atoms with Crippen molar-refractivity contribution in [2.75, 3.05) is 31.6 Å². The molecule has 0 bridgehead atoms. The molecule has 1 aliphatic carbocycles. The summed E-state index contributed by atoms with van der Waals surface area (Å²) in [6, 6.07) is 2.59. The Kier molecular flexibility index (Phi) is 10.2. The van der Waals surface area contributed by atoms with E-state index in [0.29, 0.717) is 37.8 Å². The lowest BCUT2D eigenvalue weighted by Gasteiger charge is -2.27. The second-order valence-electron chi connectivity index (χ2n) is 12.5. The van der Waals surface area contributed by atoms with Crippen molar-refractivity contribution in [3.8, 4) is 0 Å². The van der Waals surface area contributed by atoms with Gasteiger partial charge in [0, 0.05) is 25.1 Å². The Morgan fingerprint density at radius 1 is 1.07 bits per heavy atom. The topological polar surface area (TPSA) is 176 Å². The fourth-order valence-electron chi connectivity index (χ4n) is 6.07. The van der Waals surface area contributed by atoms with Crippen LogP contribution in [-0.2, 0) is 46.4 Å². The normalized spacial score (nSPS) is 25.0. The van der Waals surface area contributed by atoms with Crippen LogP contribution in [0.2, 0.25) is 0 Å². The summed E-state index contributed by atoms with van der Waals surface area (Å²) in [6.07, 6.45) is 4.13. The first-order valence-corrected chi connectivity index (χ1v) is 15.6. The average Bonchev–Trinajstić information content (AvgIpc) is 3.54. The number of epoxide rings is 1. The zero-order valence-electron chi connectivity index (χ0n) is 25.4. The summed E-state index contributed by atoms with van der Waals surface area (Å²) in [6.45, 7) is 5.48. The number of anilines is 1. The molecule has 3 fully saturated rings. The smallest absolute Gasteiger partial charge is 0.411 e. The van der Waals surface area contributed by atoms with E-state index in [9.17, 15) is 24.0 Å². The van der Waals surface area contributed by atoms with E-state index < -0.39 is 41.6 Å². The van der Waals surface area contributed by atoms with Crippen molar-refractivity contribution >= 4 is 35.3 Å². The summed E-state index contributed by atoms with van der Waals surface area (Å²) in [7, 11) is 0. The number of cyclic esters (lactones) is 1. The van der Waals surface area contributed by atoms with Crippen molar-refractivity contribution in [1.82, 2.24) is 21.3 Å². The number of carbonyl (C=O) groups excluding carboxylic acids is 5. The van der Waals surface area contributed by atoms with E-state index in [1.807, 2.05) is 6.07 Å². The van der Waals surface area contributed by atoms with Gasteiger partial charge >= 0.3 is 6.09 Å². The van der Waals surface area contributed by atoms with Gasteiger partial charge in [0.05, 0.1) is 37.5 Å². The predicted molar refractivity (Wildman–Crippen MR) is 159 cm³/mol. The molecule has 240 valence electrons. The quantitative estimate of drug-likeness (QED) is 0.204. The Hall–Kier alpha value is -3.55. The third-order valence-electron chi connectivity index (χ3n) is 8.80. The minimum Gasteiger partial charge on any atom is -0.444 e. The molecule has 2 unspecified atom stereocenters. The number of benzene rings is 1. The van der Waals surface area contributed by atoms with Crippen molar-refractivity contribution in [2.24, 2.45) is 5.92 Å². The van der Waals surface area contributed by atoms with Crippen LogP contribution in [0.1, 0.15) is 63.5 Å². The van der Waals surface area contributed by atoms with Gasteiger partial charge in [0.25, 0.3) is 0 Å². The summed E-state index contributed by atoms with van der Waals surface area (Å²) in [5, 5.41) is 14.2. The summed E-state index contributed by atoms with van der Waals surface area (Å²) in [5.41, 5.74) is 1.16. The summed E-state index contributed by atoms with van der Waals surface area (Å²) < 4.78 is 16.1. The van der Waals surface area contributed by atoms with Crippen molar-refractivity contribution in [3.05, 3.63) is 29.3 Å². The molecule has 0 aromatic heterocycles. The fraction of sp³-hybridized carbons (Fsp3) is 0.645. The van der Waals surface area contributed by atoms with Crippen molar-refractivity contribution in [2.45, 2.75) is 95.2 Å². The van der Waals surface area contributed by atoms with Crippen LogP contribution in [0, 0.1) is 5.92 Å². The largest absolute Gasteiger partial charge is 0.444 e. The number of amides is 4. The number of ketones is 1. The van der Waals surface area contributed by atoms with Crippen LogP contribution in [0.15, 0.2) is 18.2 Å². The lowest BCUT2D eigenvalue weighted by molar-refractivity contribution is -0.134. The lowest BCUT2D eigenvalue weighted by Crippen LogP contribution is -2.57. The zero-order chi connectivity index (χ0) is 31.3. The molecule has 1 aromatic rings. The average molecular weight is 614 g/mol. The first kappa shape index (κ1) is 31.9. The molecule has 3 aliphatic heterocycles. The predicted octanol–water partition coefficient (Wildman–Crippen LogP) is 1.08. The van der Waals surface area contributed by atoms with E-state index in [1.165, 1.54) is 0 Å². The number of rotatable bonds is 13. The maximum atomic E-state index is 13.8. The monoisotopic (exact) mass is 613 g/mol. The molecular formula is C31H43N5O8. The minimum atomic E-state index is -1.04. The van der Waals surface area contributed by atoms with Crippen molar-refractivity contribution in [3.63, 3.8) is 0 Å². The van der Waals surface area contributed by atoms with Gasteiger partial charge in [-0.25, -0.2) is 4.79 Å². The van der Waals surface area contributed by atoms with E-state index in [4.69, 9.17) is 14.2 Å². The van der Waals surface area contributed by atoms with E-state index >= 15 is 0 Å². The highest BCUT2D eigenvalue weighted by molar-refractivity contribution is 5.98. The summed E-state index contributed by atoms with van der Waals surface area (Å²) >= 11 is 0. The Morgan fingerprint density at radius 3 is 2.52 bits per heavy atom. The highest BCUT2D eigenvalue weighted by Crippen LogP contribution is 2.33. The molecule has 1 aromatic carbocycles. The van der Waals surface area contributed by atoms with Crippen LogP contribution in [0.3, 0.4) is 0 Å². The number of hydrogen-bond donors (Lipinski definition) is 5. The van der Waals surface area contributed by atoms with E-state index in [2.05, 4.69) is 26.6 Å². The summed E-state index contributed by atoms with van der Waals surface area (Å²) in [5.74, 6) is -1.20. The zero-order valence-corrected chi connectivity index (χ0v) is 25.4. The minimum absolute atomic E-state index is 0.0814. The Labute approximate surface area is 256 Å². The molecule has 13 nitrogen and oxygen atoms in total. The lowest BCUT2D eigenvalue weighted by atomic mass is 9.90. The third kappa shape index (κ3) is 8.33. The first-order valence-electron chi connectivity index (χ1n) is 15.6. The van der Waals surface area contributed by atoms with Crippen LogP contribution < -0.4 is 26.6 Å². The van der Waals surface area contributed by atoms with E-state index in [0.717, 1.165) is 43.4 Å². The molecule has 5 atom stereocenters. The highest BCUT2D eigenvalue weighted by Gasteiger charge is 2.50. The van der Waals surface area contributed by atoms with Gasteiger partial charge in [-0.1, -0.05) is 37.8 Å². The summed E-state index contributed by atoms with van der Waals surface area (Å²) in [4.78, 5) is 64.8. The molecule has 5 rings (SSSR count). The maximum absolute atomic E-state index is 13.8. The standard InChI is InChI=1S/C31H43N5O8/c1-18(33-26(37)14-22-15-32-9-10-42-22)28(39)35-25(13-20-7-8-23-21(11-20)16-43-30(41)36-23)29(40)34-24(12-19-5-3-4-6-19)27(38)31(2)17-44-31/h7-8,11,18-19,22,24-25,32H,3-6,9-10,12-17H2,1-2H3,(H,33,37)(H,34,40)(H,35,39)(H,36,41)/t18-,22?,24-,25?,31+/m0/s1.